The summed E-state index contributed by atoms with van der Waals surface area (Å²) in [7, 11) is 0. The second-order valence-corrected chi connectivity index (χ2v) is 5.75. The molecule has 5 nitrogen and oxygen atoms in total. The molecule has 2 atom stereocenters. The number of piperidine rings is 1. The monoisotopic (exact) mass is 278 g/mol. The minimum atomic E-state index is -0.980. The Labute approximate surface area is 118 Å². The van der Waals surface area contributed by atoms with Crippen LogP contribution in [0.1, 0.15) is 54.7 Å². The van der Waals surface area contributed by atoms with Crippen molar-refractivity contribution < 1.29 is 9.90 Å². The van der Waals surface area contributed by atoms with Crippen LogP contribution < -0.4 is 10.6 Å². The summed E-state index contributed by atoms with van der Waals surface area (Å²) in [6.45, 7) is 7.56. The lowest BCUT2D eigenvalue weighted by Crippen LogP contribution is -2.55. The average molecular weight is 278 g/mol. The van der Waals surface area contributed by atoms with Crippen molar-refractivity contribution in [2.45, 2.75) is 59.0 Å². The molecular formula is C15H22N2O3. The smallest absolute Gasteiger partial charge is 0.337 e. The van der Waals surface area contributed by atoms with Gasteiger partial charge in [-0.3, -0.25) is 4.79 Å². The van der Waals surface area contributed by atoms with Crippen molar-refractivity contribution in [3.05, 3.63) is 33.2 Å². The largest absolute Gasteiger partial charge is 0.478 e. The van der Waals surface area contributed by atoms with E-state index in [1.807, 2.05) is 5.01 Å². The maximum atomic E-state index is 12.4. The molecule has 0 aliphatic carbocycles. The van der Waals surface area contributed by atoms with Crippen LogP contribution in [0, 0.1) is 13.8 Å². The molecule has 0 spiro atoms. The van der Waals surface area contributed by atoms with Gasteiger partial charge in [0.05, 0.1) is 11.3 Å². The average Bonchev–Trinajstić information content (AvgIpc) is 2.31. The van der Waals surface area contributed by atoms with Crippen LogP contribution in [0.3, 0.4) is 0 Å². The quantitative estimate of drug-likeness (QED) is 0.899. The van der Waals surface area contributed by atoms with Crippen LogP contribution >= 0.6 is 0 Å². The van der Waals surface area contributed by atoms with Crippen molar-refractivity contribution in [3.63, 3.8) is 0 Å². The number of aromatic nitrogens is 1. The van der Waals surface area contributed by atoms with Gasteiger partial charge in [-0.15, -0.1) is 0 Å². The molecule has 1 N–H and O–H groups in total. The molecule has 0 amide bonds. The first kappa shape index (κ1) is 14.6. The summed E-state index contributed by atoms with van der Waals surface area (Å²) in [5, 5.41) is 11.4. The van der Waals surface area contributed by atoms with Crippen molar-refractivity contribution in [1.82, 2.24) is 4.68 Å². The van der Waals surface area contributed by atoms with Gasteiger partial charge >= 0.3 is 5.97 Å². The normalized spacial score (nSPS) is 22.9. The zero-order chi connectivity index (χ0) is 15.0. The molecule has 0 bridgehead atoms. The number of nitrogens with zero attached hydrogens (tertiary/aromatic N) is 2. The van der Waals surface area contributed by atoms with Crippen LogP contribution in [-0.4, -0.2) is 27.8 Å². The summed E-state index contributed by atoms with van der Waals surface area (Å²) in [5.74, 6) is -0.980. The van der Waals surface area contributed by atoms with Gasteiger partial charge in [-0.2, -0.15) is 0 Å². The zero-order valence-electron chi connectivity index (χ0n) is 12.5. The van der Waals surface area contributed by atoms with E-state index in [9.17, 15) is 14.7 Å². The molecule has 1 saturated heterocycles. The van der Waals surface area contributed by atoms with Crippen LogP contribution in [0.15, 0.2) is 10.9 Å². The zero-order valence-corrected chi connectivity index (χ0v) is 12.5. The second-order valence-electron chi connectivity index (χ2n) is 5.75. The number of aryl methyl sites for hydroxylation is 1. The van der Waals surface area contributed by atoms with E-state index in [4.69, 9.17) is 0 Å². The lowest BCUT2D eigenvalue weighted by Gasteiger charge is -2.42. The second kappa shape index (κ2) is 5.31. The third-order valence-corrected chi connectivity index (χ3v) is 4.21. The fourth-order valence-electron chi connectivity index (χ4n) is 3.29. The molecule has 0 aromatic carbocycles. The summed E-state index contributed by atoms with van der Waals surface area (Å²) in [6.07, 6.45) is 3.18. The Kier molecular flexibility index (Phi) is 3.88. The Morgan fingerprint density at radius 1 is 1.25 bits per heavy atom. The lowest BCUT2D eigenvalue weighted by molar-refractivity contribution is 0.0693. The van der Waals surface area contributed by atoms with E-state index in [-0.39, 0.29) is 23.2 Å². The van der Waals surface area contributed by atoms with E-state index in [1.54, 1.807) is 18.5 Å². The molecule has 1 aliphatic rings. The summed E-state index contributed by atoms with van der Waals surface area (Å²) in [5.41, 5.74) is 1.12. The third-order valence-electron chi connectivity index (χ3n) is 4.21. The van der Waals surface area contributed by atoms with Gasteiger partial charge in [0.25, 0.3) is 5.56 Å². The number of carboxylic acid groups (broad SMARTS) is 1. The van der Waals surface area contributed by atoms with Crippen molar-refractivity contribution in [2.24, 2.45) is 0 Å². The maximum absolute atomic E-state index is 12.4. The predicted molar refractivity (Wildman–Crippen MR) is 78.1 cm³/mol. The molecule has 1 aliphatic heterocycles. The fraction of sp³-hybridized carbons (Fsp3) is 0.600. The first-order valence-corrected chi connectivity index (χ1v) is 7.09. The first-order chi connectivity index (χ1) is 9.34. The van der Waals surface area contributed by atoms with Gasteiger partial charge in [-0.1, -0.05) is 0 Å². The van der Waals surface area contributed by atoms with E-state index in [0.29, 0.717) is 11.3 Å². The Hall–Kier alpha value is -1.78. The Morgan fingerprint density at radius 3 is 2.30 bits per heavy atom. The van der Waals surface area contributed by atoms with Crippen LogP contribution in [-0.2, 0) is 0 Å². The standard InChI is InChI=1S/C15H22N2O3/c1-9-8-13(18)17(12(4)14(9)15(19)20)16-10(2)6-5-7-11(16)3/h8,10-11H,5-7H2,1-4H3,(H,19,20). The summed E-state index contributed by atoms with van der Waals surface area (Å²) < 4.78 is 1.56. The number of carboxylic acids is 1. The van der Waals surface area contributed by atoms with E-state index < -0.39 is 5.97 Å². The van der Waals surface area contributed by atoms with Gasteiger partial charge < -0.3 is 10.1 Å². The number of hydrogen-bond donors (Lipinski definition) is 1. The fourth-order valence-corrected chi connectivity index (χ4v) is 3.29. The molecule has 1 aromatic heterocycles. The first-order valence-electron chi connectivity index (χ1n) is 7.09. The number of rotatable bonds is 2. The summed E-state index contributed by atoms with van der Waals surface area (Å²) in [4.78, 5) is 23.8. The SMILES string of the molecule is Cc1cc(=O)n(N2C(C)CCCC2C)c(C)c1C(=O)O. The van der Waals surface area contributed by atoms with Crippen molar-refractivity contribution >= 4 is 5.97 Å². The van der Waals surface area contributed by atoms with Gasteiger partial charge in [-0.05, 0) is 52.5 Å². The van der Waals surface area contributed by atoms with Gasteiger partial charge in [-0.25, -0.2) is 9.47 Å². The molecule has 1 aromatic rings. The molecule has 2 unspecified atom stereocenters. The molecule has 1 fully saturated rings. The highest BCUT2D eigenvalue weighted by atomic mass is 16.4. The Bertz CT molecular complexity index is 582. The lowest BCUT2D eigenvalue weighted by atomic mass is 9.99. The highest BCUT2D eigenvalue weighted by Crippen LogP contribution is 2.22. The Balaban J connectivity index is 2.64. The van der Waals surface area contributed by atoms with Gasteiger partial charge in [0.15, 0.2) is 0 Å². The van der Waals surface area contributed by atoms with Crippen molar-refractivity contribution in [3.8, 4) is 0 Å². The van der Waals surface area contributed by atoms with Crippen LogP contribution in [0.2, 0.25) is 0 Å². The number of aromatic carboxylic acids is 1. The van der Waals surface area contributed by atoms with E-state index >= 15 is 0 Å². The summed E-state index contributed by atoms with van der Waals surface area (Å²) >= 11 is 0. The molecular weight excluding hydrogens is 256 g/mol. The molecule has 0 radical (unpaired) electrons. The van der Waals surface area contributed by atoms with Crippen LogP contribution in [0.5, 0.6) is 0 Å². The van der Waals surface area contributed by atoms with Gasteiger partial charge in [0.2, 0.25) is 0 Å². The third kappa shape index (κ3) is 2.32. The number of carbonyl (C=O) groups is 1. The van der Waals surface area contributed by atoms with E-state index in [1.165, 1.54) is 6.07 Å². The minimum absolute atomic E-state index is 0.148. The highest BCUT2D eigenvalue weighted by Gasteiger charge is 2.28. The van der Waals surface area contributed by atoms with Crippen LogP contribution in [0.25, 0.3) is 0 Å². The van der Waals surface area contributed by atoms with Crippen molar-refractivity contribution in [1.29, 1.82) is 0 Å². The predicted octanol–water partition coefficient (Wildman–Crippen LogP) is 2.06. The van der Waals surface area contributed by atoms with Crippen LogP contribution in [0.4, 0.5) is 0 Å². The summed E-state index contributed by atoms with van der Waals surface area (Å²) in [6, 6.07) is 1.89. The molecule has 110 valence electrons. The number of hydrogen-bond acceptors (Lipinski definition) is 3. The van der Waals surface area contributed by atoms with Crippen molar-refractivity contribution in [2.75, 3.05) is 5.01 Å². The highest BCUT2D eigenvalue weighted by molar-refractivity contribution is 5.90. The minimum Gasteiger partial charge on any atom is -0.478 e. The molecule has 0 saturated carbocycles. The maximum Gasteiger partial charge on any atom is 0.337 e. The molecule has 5 heteroatoms. The molecule has 20 heavy (non-hydrogen) atoms. The Morgan fingerprint density at radius 2 is 1.80 bits per heavy atom. The van der Waals surface area contributed by atoms with Gasteiger partial charge in [0.1, 0.15) is 0 Å². The van der Waals surface area contributed by atoms with Gasteiger partial charge in [0, 0.05) is 18.2 Å². The molecule has 2 rings (SSSR count). The molecule has 2 heterocycles. The number of pyridine rings is 1. The van der Waals surface area contributed by atoms with E-state index in [0.717, 1.165) is 19.3 Å². The van der Waals surface area contributed by atoms with E-state index in [2.05, 4.69) is 13.8 Å². The topological polar surface area (TPSA) is 62.5 Å².